The standard InChI is InChI=1S/C10H16O4/c1-3-4-5-8(2)14-10(13)7-6-9(11)12/h6-8H,3-5H2,1-2H3,(H,11,12)/b7-6-. The summed E-state index contributed by atoms with van der Waals surface area (Å²) in [7, 11) is 0. The maximum absolute atomic E-state index is 10.9. The zero-order valence-corrected chi connectivity index (χ0v) is 8.53. The Kier molecular flexibility index (Phi) is 6.45. The molecule has 4 heteroatoms. The molecule has 14 heavy (non-hydrogen) atoms. The van der Waals surface area contributed by atoms with Gasteiger partial charge in [0.15, 0.2) is 0 Å². The van der Waals surface area contributed by atoms with Gasteiger partial charge in [0.1, 0.15) is 0 Å². The van der Waals surface area contributed by atoms with Crippen molar-refractivity contribution in [2.75, 3.05) is 0 Å². The van der Waals surface area contributed by atoms with Gasteiger partial charge in [-0.2, -0.15) is 0 Å². The lowest BCUT2D eigenvalue weighted by Gasteiger charge is -2.10. The van der Waals surface area contributed by atoms with Gasteiger partial charge in [-0.05, 0) is 13.3 Å². The van der Waals surface area contributed by atoms with Crippen LogP contribution in [0, 0.1) is 0 Å². The number of unbranched alkanes of at least 4 members (excludes halogenated alkanes) is 1. The fourth-order valence-corrected chi connectivity index (χ4v) is 0.927. The van der Waals surface area contributed by atoms with Crippen molar-refractivity contribution < 1.29 is 19.4 Å². The van der Waals surface area contributed by atoms with Crippen molar-refractivity contribution in [1.29, 1.82) is 0 Å². The van der Waals surface area contributed by atoms with Gasteiger partial charge in [0.25, 0.3) is 0 Å². The normalized spacial score (nSPS) is 12.7. The Morgan fingerprint density at radius 1 is 1.43 bits per heavy atom. The molecule has 4 nitrogen and oxygen atoms in total. The molecule has 0 heterocycles. The van der Waals surface area contributed by atoms with Crippen LogP contribution in [0.25, 0.3) is 0 Å². The molecule has 0 spiro atoms. The Bertz CT molecular complexity index is 220. The minimum absolute atomic E-state index is 0.152. The largest absolute Gasteiger partial charge is 0.478 e. The number of carbonyl (C=O) groups is 2. The zero-order valence-electron chi connectivity index (χ0n) is 8.53. The summed E-state index contributed by atoms with van der Waals surface area (Å²) in [4.78, 5) is 21.0. The molecule has 0 aliphatic rings. The van der Waals surface area contributed by atoms with Crippen molar-refractivity contribution in [3.8, 4) is 0 Å². The van der Waals surface area contributed by atoms with E-state index in [-0.39, 0.29) is 6.10 Å². The molecule has 1 atom stereocenters. The van der Waals surface area contributed by atoms with Crippen LogP contribution in [0.5, 0.6) is 0 Å². The van der Waals surface area contributed by atoms with Crippen molar-refractivity contribution in [3.05, 3.63) is 12.2 Å². The number of carbonyl (C=O) groups excluding carboxylic acids is 1. The van der Waals surface area contributed by atoms with Gasteiger partial charge in [0.05, 0.1) is 6.10 Å². The van der Waals surface area contributed by atoms with Crippen molar-refractivity contribution in [1.82, 2.24) is 0 Å². The van der Waals surface area contributed by atoms with E-state index in [0.717, 1.165) is 31.4 Å². The zero-order chi connectivity index (χ0) is 11.0. The molecule has 0 aromatic heterocycles. The van der Waals surface area contributed by atoms with Crippen LogP contribution >= 0.6 is 0 Å². The highest BCUT2D eigenvalue weighted by molar-refractivity contribution is 5.90. The Morgan fingerprint density at radius 3 is 2.57 bits per heavy atom. The first-order valence-corrected chi connectivity index (χ1v) is 4.68. The Hall–Kier alpha value is -1.32. The van der Waals surface area contributed by atoms with Crippen LogP contribution in [-0.2, 0) is 14.3 Å². The van der Waals surface area contributed by atoms with Crippen LogP contribution < -0.4 is 0 Å². The first-order chi connectivity index (χ1) is 6.56. The van der Waals surface area contributed by atoms with Crippen LogP contribution in [0.15, 0.2) is 12.2 Å². The van der Waals surface area contributed by atoms with E-state index in [1.165, 1.54) is 0 Å². The third-order valence-electron chi connectivity index (χ3n) is 1.64. The molecule has 0 saturated carbocycles. The molecule has 1 unspecified atom stereocenters. The maximum Gasteiger partial charge on any atom is 0.331 e. The molecule has 0 aliphatic carbocycles. The summed E-state index contributed by atoms with van der Waals surface area (Å²) >= 11 is 0. The molecule has 0 aromatic rings. The molecule has 0 aliphatic heterocycles. The van der Waals surface area contributed by atoms with E-state index in [1.54, 1.807) is 6.92 Å². The fourth-order valence-electron chi connectivity index (χ4n) is 0.927. The van der Waals surface area contributed by atoms with Gasteiger partial charge >= 0.3 is 11.9 Å². The highest BCUT2D eigenvalue weighted by Crippen LogP contribution is 2.04. The van der Waals surface area contributed by atoms with Gasteiger partial charge in [0.2, 0.25) is 0 Å². The van der Waals surface area contributed by atoms with Crippen LogP contribution in [0.1, 0.15) is 33.1 Å². The highest BCUT2D eigenvalue weighted by atomic mass is 16.5. The quantitative estimate of drug-likeness (QED) is 0.524. The summed E-state index contributed by atoms with van der Waals surface area (Å²) in [6.45, 7) is 3.85. The molecule has 0 saturated heterocycles. The maximum atomic E-state index is 10.9. The van der Waals surface area contributed by atoms with Crippen LogP contribution in [0.4, 0.5) is 0 Å². The third kappa shape index (κ3) is 7.34. The van der Waals surface area contributed by atoms with E-state index in [4.69, 9.17) is 9.84 Å². The van der Waals surface area contributed by atoms with E-state index in [9.17, 15) is 9.59 Å². The average molecular weight is 200 g/mol. The summed E-state index contributed by atoms with van der Waals surface area (Å²) in [6.07, 6.45) is 4.40. The molecular formula is C10H16O4. The Balaban J connectivity index is 3.76. The number of rotatable bonds is 6. The molecule has 0 rings (SSSR count). The van der Waals surface area contributed by atoms with E-state index in [0.29, 0.717) is 0 Å². The second kappa shape index (κ2) is 7.12. The minimum atomic E-state index is -1.15. The van der Waals surface area contributed by atoms with Crippen molar-refractivity contribution in [2.24, 2.45) is 0 Å². The average Bonchev–Trinajstić information content (AvgIpc) is 2.11. The summed E-state index contributed by atoms with van der Waals surface area (Å²) in [5.74, 6) is -1.75. The van der Waals surface area contributed by atoms with E-state index < -0.39 is 11.9 Å². The number of hydrogen-bond donors (Lipinski definition) is 1. The summed E-state index contributed by atoms with van der Waals surface area (Å²) in [6, 6.07) is 0. The van der Waals surface area contributed by atoms with Crippen LogP contribution in [-0.4, -0.2) is 23.1 Å². The fraction of sp³-hybridized carbons (Fsp3) is 0.600. The molecule has 0 fully saturated rings. The smallest absolute Gasteiger partial charge is 0.331 e. The highest BCUT2D eigenvalue weighted by Gasteiger charge is 2.05. The van der Waals surface area contributed by atoms with Gasteiger partial charge in [-0.3, -0.25) is 0 Å². The van der Waals surface area contributed by atoms with Gasteiger partial charge in [-0.25, -0.2) is 9.59 Å². The lowest BCUT2D eigenvalue weighted by molar-refractivity contribution is -0.143. The predicted octanol–water partition coefficient (Wildman–Crippen LogP) is 1.75. The van der Waals surface area contributed by atoms with Crippen LogP contribution in [0.3, 0.4) is 0 Å². The number of carboxylic acid groups (broad SMARTS) is 1. The van der Waals surface area contributed by atoms with Gasteiger partial charge in [-0.1, -0.05) is 19.8 Å². The number of ether oxygens (including phenoxy) is 1. The topological polar surface area (TPSA) is 63.6 Å². The lowest BCUT2D eigenvalue weighted by atomic mass is 10.2. The Morgan fingerprint density at radius 2 is 2.07 bits per heavy atom. The van der Waals surface area contributed by atoms with Crippen molar-refractivity contribution in [2.45, 2.75) is 39.2 Å². The van der Waals surface area contributed by atoms with Crippen molar-refractivity contribution >= 4 is 11.9 Å². The predicted molar refractivity (Wildman–Crippen MR) is 51.9 cm³/mol. The van der Waals surface area contributed by atoms with Gasteiger partial charge in [0, 0.05) is 12.2 Å². The number of hydrogen-bond acceptors (Lipinski definition) is 3. The number of carboxylic acids is 1. The number of esters is 1. The van der Waals surface area contributed by atoms with E-state index in [1.807, 2.05) is 0 Å². The molecule has 0 aromatic carbocycles. The summed E-state index contributed by atoms with van der Waals surface area (Å²) in [5.41, 5.74) is 0. The molecule has 0 amide bonds. The monoisotopic (exact) mass is 200 g/mol. The van der Waals surface area contributed by atoms with Crippen molar-refractivity contribution in [3.63, 3.8) is 0 Å². The first kappa shape index (κ1) is 12.7. The molecule has 80 valence electrons. The summed E-state index contributed by atoms with van der Waals surface area (Å²) < 4.78 is 4.91. The molecule has 0 bridgehead atoms. The van der Waals surface area contributed by atoms with Crippen LogP contribution in [0.2, 0.25) is 0 Å². The minimum Gasteiger partial charge on any atom is -0.478 e. The lowest BCUT2D eigenvalue weighted by Crippen LogP contribution is -2.13. The van der Waals surface area contributed by atoms with Gasteiger partial charge in [-0.15, -0.1) is 0 Å². The summed E-state index contributed by atoms with van der Waals surface area (Å²) in [5, 5.41) is 8.24. The SMILES string of the molecule is CCCCC(C)OC(=O)/C=C\C(=O)O. The molecular weight excluding hydrogens is 184 g/mol. The third-order valence-corrected chi connectivity index (χ3v) is 1.64. The number of aliphatic carboxylic acids is 1. The molecule has 0 radical (unpaired) electrons. The second-order valence-electron chi connectivity index (χ2n) is 3.06. The van der Waals surface area contributed by atoms with Gasteiger partial charge < -0.3 is 9.84 Å². The molecule has 1 N–H and O–H groups in total. The van der Waals surface area contributed by atoms with E-state index in [2.05, 4.69) is 6.92 Å². The Labute approximate surface area is 83.6 Å². The first-order valence-electron chi connectivity index (χ1n) is 4.68. The second-order valence-corrected chi connectivity index (χ2v) is 3.06. The van der Waals surface area contributed by atoms with E-state index >= 15 is 0 Å².